The zero-order chi connectivity index (χ0) is 17.9. The van der Waals surface area contributed by atoms with E-state index in [0.717, 1.165) is 26.2 Å². The van der Waals surface area contributed by atoms with Crippen LogP contribution in [0.5, 0.6) is 0 Å². The molecule has 2 fully saturated rings. The average Bonchev–Trinajstić information content (AvgIpc) is 2.48. The molecule has 0 aromatic heterocycles. The molecular weight excluding hydrogens is 332 g/mol. The molecule has 0 amide bonds. The molecule has 0 radical (unpaired) electrons. The van der Waals surface area contributed by atoms with Gasteiger partial charge in [-0.1, -0.05) is 0 Å². The van der Waals surface area contributed by atoms with Gasteiger partial charge in [0, 0.05) is 36.6 Å². The van der Waals surface area contributed by atoms with E-state index in [4.69, 9.17) is 49.3 Å². The van der Waals surface area contributed by atoms with E-state index < -0.39 is 10.4 Å². The van der Waals surface area contributed by atoms with Gasteiger partial charge in [-0.25, -0.2) is 0 Å². The maximum absolute atomic E-state index is 8.52. The van der Waals surface area contributed by atoms with Gasteiger partial charge in [0.1, 0.15) is 0 Å². The fourth-order valence-corrected chi connectivity index (χ4v) is 1.61. The lowest BCUT2D eigenvalue weighted by Gasteiger charge is -2.26. The molecule has 0 atom stereocenters. The number of nitrogens with two attached hydrogens (primary N) is 2. The molecule has 0 aromatic rings. The third-order valence-electron chi connectivity index (χ3n) is 2.70. The summed E-state index contributed by atoms with van der Waals surface area (Å²) >= 11 is 0. The Hall–Kier alpha value is -1.67. The lowest BCUT2D eigenvalue weighted by atomic mass is 10.4. The van der Waals surface area contributed by atoms with E-state index in [1.54, 1.807) is 9.80 Å². The first-order valence-electron chi connectivity index (χ1n) is 6.61. The molecular formula is C10H22N6O6S-2. The molecule has 136 valence electrons. The highest BCUT2D eigenvalue weighted by Gasteiger charge is 2.10. The maximum atomic E-state index is 8.52. The fourth-order valence-electron chi connectivity index (χ4n) is 1.61. The Bertz CT molecular complexity index is 424. The first-order chi connectivity index (χ1) is 10.6. The van der Waals surface area contributed by atoms with Crippen LogP contribution in [0.25, 0.3) is 0 Å². The predicted octanol–water partition coefficient (Wildman–Crippen LogP) is -2.91. The summed E-state index contributed by atoms with van der Waals surface area (Å²) in [6.45, 7) is 5.81. The third kappa shape index (κ3) is 13.7. The van der Waals surface area contributed by atoms with Gasteiger partial charge in [-0.05, 0) is 0 Å². The normalized spacial score (nSPS) is 18.0. The van der Waals surface area contributed by atoms with E-state index >= 15 is 0 Å². The van der Waals surface area contributed by atoms with Crippen molar-refractivity contribution < 1.29 is 27.0 Å². The van der Waals surface area contributed by atoms with Crippen molar-refractivity contribution in [1.29, 1.82) is 10.8 Å². The van der Waals surface area contributed by atoms with Crippen LogP contribution in [0.3, 0.4) is 0 Å². The second kappa shape index (κ2) is 11.0. The van der Waals surface area contributed by atoms with E-state index in [1.165, 1.54) is 0 Å². The van der Waals surface area contributed by atoms with E-state index in [2.05, 4.69) is 0 Å². The summed E-state index contributed by atoms with van der Waals surface area (Å²) in [7, 11) is -5.17. The number of morpholine rings is 2. The molecule has 0 aliphatic carbocycles. The van der Waals surface area contributed by atoms with Crippen LogP contribution in [0.15, 0.2) is 0 Å². The van der Waals surface area contributed by atoms with E-state index in [9.17, 15) is 0 Å². The smallest absolute Gasteiger partial charge is 0.188 e. The van der Waals surface area contributed by atoms with Crippen LogP contribution >= 0.6 is 0 Å². The summed E-state index contributed by atoms with van der Waals surface area (Å²) in [6.07, 6.45) is 0. The van der Waals surface area contributed by atoms with Crippen molar-refractivity contribution in [2.24, 2.45) is 11.5 Å². The minimum Gasteiger partial charge on any atom is -0.759 e. The Morgan fingerprint density at radius 1 is 0.826 bits per heavy atom. The van der Waals surface area contributed by atoms with Crippen LogP contribution in [-0.2, 0) is 19.9 Å². The molecule has 0 unspecified atom stereocenters. The van der Waals surface area contributed by atoms with Crippen LogP contribution in [0.2, 0.25) is 0 Å². The Kier molecular flexibility index (Phi) is 10.2. The summed E-state index contributed by atoms with van der Waals surface area (Å²) in [5, 5.41) is 14.1. The fraction of sp³-hybridized carbons (Fsp3) is 0.800. The van der Waals surface area contributed by atoms with Crippen LogP contribution in [-0.4, -0.2) is 91.8 Å². The predicted molar refractivity (Wildman–Crippen MR) is 79.1 cm³/mol. The van der Waals surface area contributed by atoms with Gasteiger partial charge in [-0.15, -0.1) is 0 Å². The molecule has 0 spiro atoms. The zero-order valence-corrected chi connectivity index (χ0v) is 13.4. The van der Waals surface area contributed by atoms with Crippen molar-refractivity contribution in [3.05, 3.63) is 0 Å². The van der Waals surface area contributed by atoms with Gasteiger partial charge in [0.2, 0.25) is 0 Å². The minimum absolute atomic E-state index is 0.151. The standard InChI is InChI=1S/2C5H11N3O.H2O4S/c2*6-5(7)8-1-3-9-4-2-8;1-5(2,3)4/h2*1-4H2,(H3,6,7);(H2,1,2,3,4)/p-2. The Balaban J connectivity index is 0.000000332. The summed E-state index contributed by atoms with van der Waals surface area (Å²) in [6, 6.07) is 0. The molecule has 2 saturated heterocycles. The second-order valence-electron chi connectivity index (χ2n) is 4.38. The molecule has 23 heavy (non-hydrogen) atoms. The van der Waals surface area contributed by atoms with Gasteiger partial charge in [0.25, 0.3) is 0 Å². The molecule has 13 heteroatoms. The van der Waals surface area contributed by atoms with Crippen LogP contribution < -0.4 is 11.5 Å². The molecule has 0 aromatic carbocycles. The first-order valence-corrected chi connectivity index (χ1v) is 7.94. The zero-order valence-electron chi connectivity index (χ0n) is 12.6. The summed E-state index contributed by atoms with van der Waals surface area (Å²) in [5.41, 5.74) is 10.4. The SMILES string of the molecule is N=C(N)N1CCOCC1.N=C(N)N1CCOCC1.O=S(=O)([O-])[O-]. The van der Waals surface area contributed by atoms with E-state index in [-0.39, 0.29) is 11.9 Å². The monoisotopic (exact) mass is 354 g/mol. The summed E-state index contributed by atoms with van der Waals surface area (Å²) in [5.74, 6) is 0.302. The third-order valence-corrected chi connectivity index (χ3v) is 2.70. The Morgan fingerprint density at radius 3 is 1.17 bits per heavy atom. The first kappa shape index (κ1) is 21.3. The number of ether oxygens (including phenoxy) is 2. The average molecular weight is 354 g/mol. The maximum Gasteiger partial charge on any atom is 0.188 e. The quantitative estimate of drug-likeness (QED) is 0.151. The number of hydrogen-bond donors (Lipinski definition) is 4. The van der Waals surface area contributed by atoms with Crippen molar-refractivity contribution in [1.82, 2.24) is 9.80 Å². The molecule has 2 heterocycles. The molecule has 2 rings (SSSR count). The lowest BCUT2D eigenvalue weighted by molar-refractivity contribution is 0.0672. The number of hydrogen-bond acceptors (Lipinski definition) is 8. The van der Waals surface area contributed by atoms with Crippen molar-refractivity contribution in [2.45, 2.75) is 0 Å². The van der Waals surface area contributed by atoms with Crippen molar-refractivity contribution in [2.75, 3.05) is 52.6 Å². The van der Waals surface area contributed by atoms with Crippen molar-refractivity contribution in [3.8, 4) is 0 Å². The number of rotatable bonds is 0. The van der Waals surface area contributed by atoms with Crippen LogP contribution in [0.4, 0.5) is 0 Å². The molecule has 12 nitrogen and oxygen atoms in total. The van der Waals surface area contributed by atoms with Crippen LogP contribution in [0.1, 0.15) is 0 Å². The van der Waals surface area contributed by atoms with Gasteiger partial charge in [0.15, 0.2) is 11.9 Å². The molecule has 2 aliphatic rings. The lowest BCUT2D eigenvalue weighted by Crippen LogP contribution is -2.44. The van der Waals surface area contributed by atoms with Gasteiger partial charge < -0.3 is 39.8 Å². The van der Waals surface area contributed by atoms with E-state index in [0.29, 0.717) is 26.4 Å². The Labute approximate surface area is 134 Å². The largest absolute Gasteiger partial charge is 0.759 e. The van der Waals surface area contributed by atoms with Crippen molar-refractivity contribution in [3.63, 3.8) is 0 Å². The highest BCUT2D eigenvalue weighted by atomic mass is 32.3. The summed E-state index contributed by atoms with van der Waals surface area (Å²) < 4.78 is 44.2. The minimum atomic E-state index is -5.17. The molecule has 0 bridgehead atoms. The van der Waals surface area contributed by atoms with Crippen LogP contribution in [0, 0.1) is 10.8 Å². The van der Waals surface area contributed by atoms with Crippen molar-refractivity contribution >= 4 is 22.3 Å². The highest BCUT2D eigenvalue weighted by Crippen LogP contribution is 1.94. The molecule has 6 N–H and O–H groups in total. The number of nitrogens with zero attached hydrogens (tertiary/aromatic N) is 2. The molecule has 2 aliphatic heterocycles. The van der Waals surface area contributed by atoms with Gasteiger partial charge in [-0.2, -0.15) is 0 Å². The molecule has 0 saturated carbocycles. The van der Waals surface area contributed by atoms with Gasteiger partial charge in [-0.3, -0.25) is 19.2 Å². The van der Waals surface area contributed by atoms with Gasteiger partial charge in [0.05, 0.1) is 26.4 Å². The Morgan fingerprint density at radius 2 is 1.04 bits per heavy atom. The highest BCUT2D eigenvalue weighted by molar-refractivity contribution is 7.79. The number of guanidine groups is 2. The van der Waals surface area contributed by atoms with E-state index in [1.807, 2.05) is 0 Å². The summed E-state index contributed by atoms with van der Waals surface area (Å²) in [4.78, 5) is 3.59. The topological polar surface area (TPSA) is 205 Å². The van der Waals surface area contributed by atoms with Gasteiger partial charge >= 0.3 is 0 Å². The second-order valence-corrected chi connectivity index (χ2v) is 5.19. The number of nitrogens with one attached hydrogen (secondary N) is 2.